The largest absolute Gasteiger partial charge is 0.505 e. The van der Waals surface area contributed by atoms with Crippen molar-refractivity contribution in [1.29, 1.82) is 0 Å². The van der Waals surface area contributed by atoms with Crippen molar-refractivity contribution >= 4 is 81.3 Å². The molecule has 4 aromatic carbocycles. The van der Waals surface area contributed by atoms with E-state index in [9.17, 15) is 39.5 Å². The van der Waals surface area contributed by atoms with E-state index in [0.29, 0.717) is 6.07 Å². The third kappa shape index (κ3) is 6.20. The van der Waals surface area contributed by atoms with Crippen LogP contribution in [0.15, 0.2) is 85.6 Å². The molecular formula is C23H17Cl2N3O9S3. The van der Waals surface area contributed by atoms with Crippen molar-refractivity contribution in [1.82, 2.24) is 0 Å². The highest BCUT2D eigenvalue weighted by atomic mass is 35.5. The smallest absolute Gasteiger partial charge is 0.296 e. The van der Waals surface area contributed by atoms with Crippen molar-refractivity contribution in [3.8, 4) is 5.75 Å². The lowest BCUT2D eigenvalue weighted by Gasteiger charge is -2.16. The number of nitrogens with zero attached hydrogens (tertiary/aromatic N) is 2. The van der Waals surface area contributed by atoms with Crippen LogP contribution in [0.4, 0.5) is 17.1 Å². The zero-order valence-electron chi connectivity index (χ0n) is 19.9. The van der Waals surface area contributed by atoms with Crippen LogP contribution in [0.3, 0.4) is 0 Å². The van der Waals surface area contributed by atoms with E-state index >= 15 is 0 Å². The molecule has 0 fully saturated rings. The van der Waals surface area contributed by atoms with Gasteiger partial charge in [0.2, 0.25) is 0 Å². The standard InChI is InChI=1S/C23H17Cl2N3O9S3/c1-12-2-5-15(6-3-12)38(30,31)28-19-11-16(39(32,33)34)8-13-9-20(40(35,36)37)22(23(29)21(13)19)27-26-18-10-14(24)4-7-17(18)25/h2-11,28-29H,1H3,(H,32,33,34)(H,35,36,37). The maximum Gasteiger partial charge on any atom is 0.296 e. The predicted octanol–water partition coefficient (Wildman–Crippen LogP) is 5.87. The van der Waals surface area contributed by atoms with Crippen LogP contribution in [-0.4, -0.2) is 39.5 Å². The van der Waals surface area contributed by atoms with Crippen LogP contribution in [0.25, 0.3) is 10.8 Å². The fourth-order valence-electron chi connectivity index (χ4n) is 3.57. The number of benzene rings is 4. The molecule has 4 aromatic rings. The van der Waals surface area contributed by atoms with Gasteiger partial charge in [-0.25, -0.2) is 8.42 Å². The van der Waals surface area contributed by atoms with Crippen molar-refractivity contribution < 1.29 is 39.5 Å². The number of phenols is 1. The van der Waals surface area contributed by atoms with Crippen LogP contribution in [0, 0.1) is 6.92 Å². The molecule has 12 nitrogen and oxygen atoms in total. The Morgan fingerprint density at radius 3 is 2.02 bits per heavy atom. The highest BCUT2D eigenvalue weighted by Gasteiger charge is 2.27. The first-order chi connectivity index (χ1) is 18.5. The molecule has 0 amide bonds. The van der Waals surface area contributed by atoms with Crippen LogP contribution in [-0.2, 0) is 30.3 Å². The molecule has 0 aromatic heterocycles. The van der Waals surface area contributed by atoms with Crippen molar-refractivity contribution in [2.24, 2.45) is 10.2 Å². The summed E-state index contributed by atoms with van der Waals surface area (Å²) in [5.74, 6) is -1.00. The Morgan fingerprint density at radius 1 is 0.775 bits per heavy atom. The van der Waals surface area contributed by atoms with E-state index < -0.39 is 67.9 Å². The molecule has 0 heterocycles. The molecule has 0 radical (unpaired) electrons. The summed E-state index contributed by atoms with van der Waals surface area (Å²) in [7, 11) is -14.5. The molecule has 0 saturated carbocycles. The first-order valence-corrected chi connectivity index (χ1v) is 15.8. The molecule has 0 aliphatic heterocycles. The van der Waals surface area contributed by atoms with E-state index in [1.807, 2.05) is 0 Å². The highest BCUT2D eigenvalue weighted by Crippen LogP contribution is 2.46. The second-order valence-corrected chi connectivity index (χ2v) is 13.6. The van der Waals surface area contributed by atoms with Gasteiger partial charge in [0.15, 0.2) is 5.75 Å². The Labute approximate surface area is 238 Å². The molecule has 17 heteroatoms. The lowest BCUT2D eigenvalue weighted by Crippen LogP contribution is -2.14. The molecule has 40 heavy (non-hydrogen) atoms. The SMILES string of the molecule is Cc1ccc(S(=O)(=O)Nc2cc(S(=O)(=O)O)cc3cc(S(=O)(=O)O)c(N=Nc4cc(Cl)ccc4Cl)c(O)c23)cc1. The number of hydrogen-bond acceptors (Lipinski definition) is 9. The summed E-state index contributed by atoms with van der Waals surface area (Å²) in [6.07, 6.45) is 0. The molecule has 210 valence electrons. The molecule has 0 aliphatic carbocycles. The van der Waals surface area contributed by atoms with E-state index in [-0.39, 0.29) is 20.6 Å². The van der Waals surface area contributed by atoms with Crippen molar-refractivity contribution in [3.05, 3.63) is 76.3 Å². The maximum absolute atomic E-state index is 13.1. The summed E-state index contributed by atoms with van der Waals surface area (Å²) in [6.45, 7) is 1.73. The molecule has 0 aliphatic rings. The van der Waals surface area contributed by atoms with Crippen LogP contribution in [0.2, 0.25) is 10.0 Å². The van der Waals surface area contributed by atoms with Gasteiger partial charge in [0.25, 0.3) is 30.3 Å². The van der Waals surface area contributed by atoms with Gasteiger partial charge in [0.05, 0.1) is 25.9 Å². The van der Waals surface area contributed by atoms with Gasteiger partial charge in [-0.1, -0.05) is 40.9 Å². The van der Waals surface area contributed by atoms with Gasteiger partial charge in [0.1, 0.15) is 16.3 Å². The van der Waals surface area contributed by atoms with Gasteiger partial charge >= 0.3 is 0 Å². The Kier molecular flexibility index (Phi) is 7.85. The Hall–Kier alpha value is -3.31. The number of nitrogens with one attached hydrogen (secondary N) is 1. The molecule has 0 saturated heterocycles. The van der Waals surface area contributed by atoms with Crippen molar-refractivity contribution in [2.75, 3.05) is 4.72 Å². The quantitative estimate of drug-likeness (QED) is 0.140. The number of halogens is 2. The molecular weight excluding hydrogens is 629 g/mol. The highest BCUT2D eigenvalue weighted by molar-refractivity contribution is 7.92. The van der Waals surface area contributed by atoms with E-state index in [4.69, 9.17) is 23.2 Å². The van der Waals surface area contributed by atoms with Gasteiger partial charge in [-0.3, -0.25) is 13.8 Å². The Morgan fingerprint density at radius 2 is 1.43 bits per heavy atom. The summed E-state index contributed by atoms with van der Waals surface area (Å²) in [5, 5.41) is 18.1. The first kappa shape index (κ1) is 29.7. The summed E-state index contributed by atoms with van der Waals surface area (Å²) in [6, 6.07) is 11.9. The van der Waals surface area contributed by atoms with E-state index in [1.165, 1.54) is 42.5 Å². The number of azo groups is 1. The fourth-order valence-corrected chi connectivity index (χ4v) is 6.15. The minimum Gasteiger partial charge on any atom is -0.505 e. The summed E-state index contributed by atoms with van der Waals surface area (Å²) in [5.41, 5.74) is -0.691. The zero-order valence-corrected chi connectivity index (χ0v) is 23.9. The topological polar surface area (TPSA) is 200 Å². The molecule has 0 spiro atoms. The average molecular weight is 647 g/mol. The first-order valence-electron chi connectivity index (χ1n) is 10.7. The number of phenolic OH excluding ortho intramolecular Hbond substituents is 1. The summed E-state index contributed by atoms with van der Waals surface area (Å²) >= 11 is 12.0. The number of anilines is 1. The van der Waals surface area contributed by atoms with E-state index in [2.05, 4.69) is 15.0 Å². The number of sulfonamides is 1. The minimum absolute atomic E-state index is 0.0445. The molecule has 4 rings (SSSR count). The third-order valence-corrected chi connectivity index (χ3v) is 9.08. The second kappa shape index (κ2) is 10.6. The number of aromatic hydroxyl groups is 1. The van der Waals surface area contributed by atoms with Crippen LogP contribution >= 0.6 is 23.2 Å². The summed E-state index contributed by atoms with van der Waals surface area (Å²) in [4.78, 5) is -2.09. The lowest BCUT2D eigenvalue weighted by molar-refractivity contribution is 0.472. The molecule has 0 unspecified atom stereocenters. The fraction of sp³-hybridized carbons (Fsp3) is 0.0435. The second-order valence-electron chi connectivity index (χ2n) is 8.31. The molecule has 0 bridgehead atoms. The average Bonchev–Trinajstić information content (AvgIpc) is 2.83. The number of rotatable bonds is 7. The van der Waals surface area contributed by atoms with Crippen molar-refractivity contribution in [2.45, 2.75) is 21.6 Å². The normalized spacial score (nSPS) is 12.7. The lowest BCUT2D eigenvalue weighted by atomic mass is 10.1. The van der Waals surface area contributed by atoms with Gasteiger partial charge in [-0.2, -0.15) is 16.8 Å². The Bertz CT molecular complexity index is 2030. The maximum atomic E-state index is 13.1. The zero-order chi connectivity index (χ0) is 29.6. The van der Waals surface area contributed by atoms with E-state index in [0.717, 1.165) is 17.7 Å². The number of fused-ring (bicyclic) bond motifs is 1. The van der Waals surface area contributed by atoms with Crippen LogP contribution in [0.5, 0.6) is 5.75 Å². The predicted molar refractivity (Wildman–Crippen MR) is 148 cm³/mol. The van der Waals surface area contributed by atoms with Gasteiger partial charge in [-0.15, -0.1) is 10.2 Å². The van der Waals surface area contributed by atoms with Crippen LogP contribution < -0.4 is 4.72 Å². The molecule has 4 N–H and O–H groups in total. The molecule has 0 atom stereocenters. The minimum atomic E-state index is -5.14. The van der Waals surface area contributed by atoms with Gasteiger partial charge in [0, 0.05) is 5.02 Å². The van der Waals surface area contributed by atoms with Gasteiger partial charge in [-0.05, 0) is 60.8 Å². The van der Waals surface area contributed by atoms with Crippen LogP contribution in [0.1, 0.15) is 5.56 Å². The monoisotopic (exact) mass is 645 g/mol. The number of hydrogen-bond donors (Lipinski definition) is 4. The van der Waals surface area contributed by atoms with Crippen molar-refractivity contribution in [3.63, 3.8) is 0 Å². The number of aryl methyl sites for hydroxylation is 1. The summed E-state index contributed by atoms with van der Waals surface area (Å²) < 4.78 is 96.1. The third-order valence-electron chi connectivity index (χ3n) is 5.44. The Balaban J connectivity index is 2.04. The van der Waals surface area contributed by atoms with E-state index in [1.54, 1.807) is 6.92 Å². The van der Waals surface area contributed by atoms with Gasteiger partial charge < -0.3 is 5.11 Å².